The highest BCUT2D eigenvalue weighted by molar-refractivity contribution is 6.08. The summed E-state index contributed by atoms with van der Waals surface area (Å²) in [6.45, 7) is 4.71. The molecule has 0 aliphatic heterocycles. The number of unbranched alkanes of at least 4 members (excludes halogenated alkanes) is 1. The van der Waals surface area contributed by atoms with Gasteiger partial charge in [0, 0.05) is 5.39 Å². The first-order chi connectivity index (χ1) is 12.7. The van der Waals surface area contributed by atoms with Crippen LogP contribution < -0.4 is 0 Å². The van der Waals surface area contributed by atoms with E-state index in [4.69, 9.17) is 14.7 Å². The Morgan fingerprint density at radius 2 is 1.85 bits per heavy atom. The number of aromatic nitrogens is 3. The van der Waals surface area contributed by atoms with Gasteiger partial charge < -0.3 is 9.30 Å². The lowest BCUT2D eigenvalue weighted by Gasteiger charge is -2.09. The maximum Gasteiger partial charge on any atom is 0.326 e. The molecule has 0 aliphatic rings. The molecule has 0 atom stereocenters. The maximum atomic E-state index is 12.4. The average molecular weight is 347 g/mol. The Bertz CT molecular complexity index is 1110. The summed E-state index contributed by atoms with van der Waals surface area (Å²) in [5.74, 6) is -0.240. The van der Waals surface area contributed by atoms with E-state index >= 15 is 0 Å². The molecule has 0 unspecified atom stereocenters. The Labute approximate surface area is 151 Å². The van der Waals surface area contributed by atoms with Gasteiger partial charge in [-0.1, -0.05) is 43.7 Å². The quantitative estimate of drug-likeness (QED) is 0.397. The van der Waals surface area contributed by atoms with E-state index in [0.717, 1.165) is 51.5 Å². The van der Waals surface area contributed by atoms with Crippen molar-refractivity contribution in [2.45, 2.75) is 33.2 Å². The van der Waals surface area contributed by atoms with E-state index in [1.54, 1.807) is 0 Å². The summed E-state index contributed by atoms with van der Waals surface area (Å²) in [5, 5.41) is 1.01. The Balaban J connectivity index is 1.90. The fourth-order valence-corrected chi connectivity index (χ4v) is 3.33. The van der Waals surface area contributed by atoms with E-state index in [1.807, 2.05) is 54.0 Å². The van der Waals surface area contributed by atoms with Crippen LogP contribution in [-0.2, 0) is 16.1 Å². The molecule has 0 spiro atoms. The van der Waals surface area contributed by atoms with Crippen LogP contribution in [0.5, 0.6) is 0 Å². The highest BCUT2D eigenvalue weighted by atomic mass is 16.5. The number of fused-ring (bicyclic) bond motifs is 4. The molecule has 4 rings (SSSR count). The van der Waals surface area contributed by atoms with Gasteiger partial charge in [0.1, 0.15) is 12.1 Å². The SMILES string of the molecule is CCCCOC(=O)Cn1c2nc3ccccc3nc2c2cccc(C)c21. The van der Waals surface area contributed by atoms with E-state index < -0.39 is 0 Å². The Morgan fingerprint density at radius 1 is 1.08 bits per heavy atom. The van der Waals surface area contributed by atoms with E-state index in [1.165, 1.54) is 0 Å². The molecule has 0 radical (unpaired) electrons. The zero-order valence-corrected chi connectivity index (χ0v) is 15.0. The average Bonchev–Trinajstić information content (AvgIpc) is 2.94. The lowest BCUT2D eigenvalue weighted by Crippen LogP contribution is -2.14. The standard InChI is InChI=1S/C21H21N3O2/c1-3-4-12-26-18(25)13-24-20-14(2)8-7-9-15(20)19-21(24)23-17-11-6-5-10-16(17)22-19/h5-11H,3-4,12-13H2,1-2H3. The number of carbonyl (C=O) groups is 1. The zero-order valence-electron chi connectivity index (χ0n) is 15.0. The lowest BCUT2D eigenvalue weighted by atomic mass is 10.1. The van der Waals surface area contributed by atoms with Gasteiger partial charge in [-0.25, -0.2) is 9.97 Å². The van der Waals surface area contributed by atoms with Crippen molar-refractivity contribution in [2.75, 3.05) is 6.61 Å². The summed E-state index contributed by atoms with van der Waals surface area (Å²) < 4.78 is 7.31. The van der Waals surface area contributed by atoms with Crippen LogP contribution in [0.15, 0.2) is 42.5 Å². The largest absolute Gasteiger partial charge is 0.464 e. The summed E-state index contributed by atoms with van der Waals surface area (Å²) in [5.41, 5.74) is 5.30. The van der Waals surface area contributed by atoms with Crippen molar-refractivity contribution in [3.63, 3.8) is 0 Å². The molecule has 0 aliphatic carbocycles. The van der Waals surface area contributed by atoms with E-state index in [9.17, 15) is 4.79 Å². The number of hydrogen-bond donors (Lipinski definition) is 0. The molecule has 0 saturated heterocycles. The number of aryl methyl sites for hydroxylation is 1. The fraction of sp³-hybridized carbons (Fsp3) is 0.286. The van der Waals surface area contributed by atoms with Crippen molar-refractivity contribution in [2.24, 2.45) is 0 Å². The van der Waals surface area contributed by atoms with Gasteiger partial charge in [-0.3, -0.25) is 4.79 Å². The van der Waals surface area contributed by atoms with Gasteiger partial charge in [0.2, 0.25) is 0 Å². The maximum absolute atomic E-state index is 12.4. The van der Waals surface area contributed by atoms with E-state index in [2.05, 4.69) is 6.92 Å². The minimum Gasteiger partial charge on any atom is -0.464 e. The first-order valence-electron chi connectivity index (χ1n) is 8.99. The molecule has 132 valence electrons. The first kappa shape index (κ1) is 16.5. The molecule has 2 aromatic carbocycles. The van der Waals surface area contributed by atoms with E-state index in [-0.39, 0.29) is 12.5 Å². The molecule has 0 saturated carbocycles. The molecular formula is C21H21N3O2. The van der Waals surface area contributed by atoms with Crippen molar-refractivity contribution in [1.82, 2.24) is 14.5 Å². The minimum atomic E-state index is -0.240. The second kappa shape index (κ2) is 6.75. The monoisotopic (exact) mass is 347 g/mol. The summed E-state index contributed by atoms with van der Waals surface area (Å²) in [4.78, 5) is 22.0. The molecule has 26 heavy (non-hydrogen) atoms. The highest BCUT2D eigenvalue weighted by Crippen LogP contribution is 2.30. The van der Waals surface area contributed by atoms with Gasteiger partial charge in [-0.15, -0.1) is 0 Å². The number of hydrogen-bond acceptors (Lipinski definition) is 4. The Kier molecular flexibility index (Phi) is 4.29. The van der Waals surface area contributed by atoms with Crippen molar-refractivity contribution in [1.29, 1.82) is 0 Å². The molecule has 0 amide bonds. The van der Waals surface area contributed by atoms with Gasteiger partial charge in [0.15, 0.2) is 5.65 Å². The summed E-state index contributed by atoms with van der Waals surface area (Å²) in [7, 11) is 0. The summed E-state index contributed by atoms with van der Waals surface area (Å²) in [6.07, 6.45) is 1.88. The molecule has 0 fully saturated rings. The van der Waals surface area contributed by atoms with Crippen LogP contribution in [-0.4, -0.2) is 27.1 Å². The molecule has 4 aromatic rings. The Hall–Kier alpha value is -2.95. The van der Waals surface area contributed by atoms with Crippen molar-refractivity contribution in [3.05, 3.63) is 48.0 Å². The van der Waals surface area contributed by atoms with Crippen LogP contribution in [0.25, 0.3) is 33.1 Å². The third-order valence-corrected chi connectivity index (χ3v) is 4.62. The molecule has 5 heteroatoms. The third kappa shape index (κ3) is 2.79. The second-order valence-electron chi connectivity index (χ2n) is 6.52. The van der Waals surface area contributed by atoms with Crippen LogP contribution >= 0.6 is 0 Å². The number of benzene rings is 2. The van der Waals surface area contributed by atoms with Crippen molar-refractivity contribution in [3.8, 4) is 0 Å². The van der Waals surface area contributed by atoms with Crippen molar-refractivity contribution >= 4 is 39.1 Å². The normalized spacial score (nSPS) is 11.5. The molecule has 0 bridgehead atoms. The molecular weight excluding hydrogens is 326 g/mol. The van der Waals surface area contributed by atoms with Gasteiger partial charge in [-0.2, -0.15) is 0 Å². The Morgan fingerprint density at radius 3 is 2.62 bits per heavy atom. The van der Waals surface area contributed by atoms with Crippen molar-refractivity contribution < 1.29 is 9.53 Å². The number of ether oxygens (including phenoxy) is 1. The number of rotatable bonds is 5. The smallest absolute Gasteiger partial charge is 0.326 e. The molecule has 2 heterocycles. The molecule has 5 nitrogen and oxygen atoms in total. The number of nitrogens with zero attached hydrogens (tertiary/aromatic N) is 3. The minimum absolute atomic E-state index is 0.140. The topological polar surface area (TPSA) is 57.0 Å². The summed E-state index contributed by atoms with van der Waals surface area (Å²) >= 11 is 0. The summed E-state index contributed by atoms with van der Waals surface area (Å²) in [6, 6.07) is 13.9. The third-order valence-electron chi connectivity index (χ3n) is 4.62. The van der Waals surface area contributed by atoms with Crippen LogP contribution in [0, 0.1) is 6.92 Å². The number of carbonyl (C=O) groups excluding carboxylic acids is 1. The van der Waals surface area contributed by atoms with Gasteiger partial charge in [0.05, 0.1) is 23.2 Å². The highest BCUT2D eigenvalue weighted by Gasteiger charge is 2.18. The number of esters is 1. The molecule has 0 N–H and O–H groups in total. The van der Waals surface area contributed by atoms with Gasteiger partial charge >= 0.3 is 5.97 Å². The number of para-hydroxylation sites is 3. The first-order valence-corrected chi connectivity index (χ1v) is 8.99. The van der Waals surface area contributed by atoms with Gasteiger partial charge in [-0.05, 0) is 31.0 Å². The van der Waals surface area contributed by atoms with Crippen LogP contribution in [0.1, 0.15) is 25.3 Å². The molecule has 2 aromatic heterocycles. The van der Waals surface area contributed by atoms with Crippen LogP contribution in [0.4, 0.5) is 0 Å². The van der Waals surface area contributed by atoms with Crippen LogP contribution in [0.3, 0.4) is 0 Å². The van der Waals surface area contributed by atoms with Crippen LogP contribution in [0.2, 0.25) is 0 Å². The lowest BCUT2D eigenvalue weighted by molar-refractivity contribution is -0.144. The predicted octanol–water partition coefficient (Wildman–Crippen LogP) is 4.39. The zero-order chi connectivity index (χ0) is 18.1. The fourth-order valence-electron chi connectivity index (χ4n) is 3.33. The van der Waals surface area contributed by atoms with Gasteiger partial charge in [0.25, 0.3) is 0 Å². The van der Waals surface area contributed by atoms with E-state index in [0.29, 0.717) is 6.61 Å². The second-order valence-corrected chi connectivity index (χ2v) is 6.52. The predicted molar refractivity (Wildman–Crippen MR) is 103 cm³/mol.